The molecule has 0 aliphatic heterocycles. The Morgan fingerprint density at radius 3 is 2.81 bits per heavy atom. The van der Waals surface area contributed by atoms with Crippen molar-refractivity contribution in [1.82, 2.24) is 10.1 Å². The molecular weight excluding hydrogens is 295 g/mol. The van der Waals surface area contributed by atoms with E-state index in [0.717, 1.165) is 10.0 Å². The molecule has 1 atom stereocenters. The van der Waals surface area contributed by atoms with Gasteiger partial charge >= 0.3 is 0 Å². The summed E-state index contributed by atoms with van der Waals surface area (Å²) in [4.78, 5) is 4.07. The highest BCUT2D eigenvalue weighted by atomic mass is 79.9. The summed E-state index contributed by atoms with van der Waals surface area (Å²) in [5, 5.41) is 13.6. The van der Waals surface area contributed by atoms with Crippen LogP contribution in [-0.2, 0) is 0 Å². The van der Waals surface area contributed by atoms with Gasteiger partial charge < -0.3 is 9.63 Å². The first-order chi connectivity index (χ1) is 7.58. The van der Waals surface area contributed by atoms with E-state index in [0.29, 0.717) is 10.9 Å². The minimum atomic E-state index is -0.747. The molecule has 1 N–H and O–H groups in total. The summed E-state index contributed by atoms with van der Waals surface area (Å²) in [6.07, 6.45) is -0.747. The smallest absolute Gasteiger partial charge is 0.259 e. The average Bonchev–Trinajstić information content (AvgIpc) is 2.66. The van der Waals surface area contributed by atoms with E-state index >= 15 is 0 Å². The number of halogens is 2. The Balaban J connectivity index is 2.42. The first-order valence-corrected chi connectivity index (χ1v) is 5.72. The molecular formula is C10H8BrClN2O2. The van der Waals surface area contributed by atoms with Gasteiger partial charge in [0.05, 0.1) is 5.56 Å². The molecule has 0 radical (unpaired) electrons. The number of aliphatic hydroxyl groups is 1. The molecule has 0 saturated heterocycles. The molecule has 1 aromatic carbocycles. The van der Waals surface area contributed by atoms with Gasteiger partial charge in [-0.1, -0.05) is 16.8 Å². The van der Waals surface area contributed by atoms with Crippen LogP contribution in [0, 0.1) is 0 Å². The fraction of sp³-hybridized carbons (Fsp3) is 0.200. The minimum absolute atomic E-state index is 0.261. The highest BCUT2D eigenvalue weighted by Crippen LogP contribution is 2.29. The van der Waals surface area contributed by atoms with Gasteiger partial charge in [0.2, 0.25) is 0 Å². The highest BCUT2D eigenvalue weighted by molar-refractivity contribution is 9.10. The van der Waals surface area contributed by atoms with Gasteiger partial charge in [-0.25, -0.2) is 0 Å². The summed E-state index contributed by atoms with van der Waals surface area (Å²) in [5.41, 5.74) is 0.740. The second kappa shape index (κ2) is 4.53. The van der Waals surface area contributed by atoms with Crippen molar-refractivity contribution in [3.8, 4) is 11.5 Å². The zero-order valence-corrected chi connectivity index (χ0v) is 10.7. The number of rotatable bonds is 2. The van der Waals surface area contributed by atoms with Gasteiger partial charge in [-0.05, 0) is 41.1 Å². The molecule has 4 nitrogen and oxygen atoms in total. The molecule has 6 heteroatoms. The van der Waals surface area contributed by atoms with Crippen molar-refractivity contribution in [2.45, 2.75) is 13.0 Å². The Morgan fingerprint density at radius 1 is 1.50 bits per heavy atom. The van der Waals surface area contributed by atoms with E-state index in [4.69, 9.17) is 16.1 Å². The molecule has 0 amide bonds. The fourth-order valence-corrected chi connectivity index (χ4v) is 2.03. The quantitative estimate of drug-likeness (QED) is 0.925. The van der Waals surface area contributed by atoms with Crippen LogP contribution in [0.2, 0.25) is 5.02 Å². The Kier molecular flexibility index (Phi) is 3.28. The molecule has 1 aromatic heterocycles. The van der Waals surface area contributed by atoms with Crippen LogP contribution in [0.3, 0.4) is 0 Å². The van der Waals surface area contributed by atoms with E-state index in [1.165, 1.54) is 0 Å². The van der Waals surface area contributed by atoms with Crippen molar-refractivity contribution < 1.29 is 9.63 Å². The van der Waals surface area contributed by atoms with Gasteiger partial charge in [0.25, 0.3) is 5.89 Å². The molecule has 2 rings (SSSR count). The Labute approximate surface area is 105 Å². The zero-order chi connectivity index (χ0) is 11.7. The SMILES string of the molecule is CC(O)c1noc(-c2ccc(Cl)cc2Br)n1. The van der Waals surface area contributed by atoms with Gasteiger partial charge in [-0.15, -0.1) is 0 Å². The van der Waals surface area contributed by atoms with Crippen LogP contribution in [-0.4, -0.2) is 15.2 Å². The number of nitrogens with zero attached hydrogens (tertiary/aromatic N) is 2. The molecule has 0 fully saturated rings. The summed E-state index contributed by atoms with van der Waals surface area (Å²) in [6.45, 7) is 1.57. The summed E-state index contributed by atoms with van der Waals surface area (Å²) in [7, 11) is 0. The monoisotopic (exact) mass is 302 g/mol. The van der Waals surface area contributed by atoms with Crippen LogP contribution in [0.5, 0.6) is 0 Å². The normalized spacial score (nSPS) is 12.8. The lowest BCUT2D eigenvalue weighted by molar-refractivity contribution is 0.184. The van der Waals surface area contributed by atoms with E-state index in [9.17, 15) is 5.11 Å². The van der Waals surface area contributed by atoms with Crippen molar-refractivity contribution in [2.75, 3.05) is 0 Å². The van der Waals surface area contributed by atoms with E-state index < -0.39 is 6.10 Å². The summed E-state index contributed by atoms with van der Waals surface area (Å²) in [5.74, 6) is 0.608. The number of hydrogen-bond donors (Lipinski definition) is 1. The maximum absolute atomic E-state index is 9.28. The molecule has 0 saturated carbocycles. The lowest BCUT2D eigenvalue weighted by Crippen LogP contribution is -1.93. The third kappa shape index (κ3) is 2.26. The number of hydrogen-bond acceptors (Lipinski definition) is 4. The first-order valence-electron chi connectivity index (χ1n) is 4.55. The van der Waals surface area contributed by atoms with E-state index in [1.54, 1.807) is 25.1 Å². The van der Waals surface area contributed by atoms with Crippen LogP contribution in [0.25, 0.3) is 11.5 Å². The van der Waals surface area contributed by atoms with E-state index in [-0.39, 0.29) is 5.82 Å². The third-order valence-corrected chi connectivity index (χ3v) is 2.87. The summed E-state index contributed by atoms with van der Waals surface area (Å²) in [6, 6.07) is 5.24. The first kappa shape index (κ1) is 11.6. The lowest BCUT2D eigenvalue weighted by atomic mass is 10.2. The molecule has 1 heterocycles. The van der Waals surface area contributed by atoms with Crippen LogP contribution in [0.4, 0.5) is 0 Å². The summed E-state index contributed by atoms with van der Waals surface area (Å²) < 4.78 is 5.80. The Morgan fingerprint density at radius 2 is 2.25 bits per heavy atom. The highest BCUT2D eigenvalue weighted by Gasteiger charge is 2.14. The maximum Gasteiger partial charge on any atom is 0.259 e. The fourth-order valence-electron chi connectivity index (χ4n) is 1.18. The van der Waals surface area contributed by atoms with Crippen LogP contribution >= 0.6 is 27.5 Å². The molecule has 2 aromatic rings. The van der Waals surface area contributed by atoms with Gasteiger partial charge in [-0.2, -0.15) is 4.98 Å². The minimum Gasteiger partial charge on any atom is -0.385 e. The summed E-state index contributed by atoms with van der Waals surface area (Å²) >= 11 is 9.18. The van der Waals surface area contributed by atoms with Crippen molar-refractivity contribution in [3.63, 3.8) is 0 Å². The van der Waals surface area contributed by atoms with Crippen LogP contribution < -0.4 is 0 Å². The Bertz CT molecular complexity index is 513. The average molecular weight is 304 g/mol. The second-order valence-corrected chi connectivity index (χ2v) is 4.55. The predicted molar refractivity (Wildman–Crippen MR) is 63.1 cm³/mol. The molecule has 0 bridgehead atoms. The van der Waals surface area contributed by atoms with Gasteiger partial charge in [0.15, 0.2) is 5.82 Å². The Hall–Kier alpha value is -0.910. The van der Waals surface area contributed by atoms with E-state index in [1.807, 2.05) is 0 Å². The van der Waals surface area contributed by atoms with Crippen molar-refractivity contribution in [1.29, 1.82) is 0 Å². The van der Waals surface area contributed by atoms with E-state index in [2.05, 4.69) is 26.1 Å². The number of aromatic nitrogens is 2. The maximum atomic E-state index is 9.28. The van der Waals surface area contributed by atoms with Crippen molar-refractivity contribution in [3.05, 3.63) is 33.5 Å². The number of aliphatic hydroxyl groups excluding tert-OH is 1. The standard InChI is InChI=1S/C10H8BrClN2O2/c1-5(15)9-13-10(16-14-9)7-3-2-6(12)4-8(7)11/h2-5,15H,1H3. The lowest BCUT2D eigenvalue weighted by Gasteiger charge is -1.98. The van der Waals surface area contributed by atoms with Crippen LogP contribution in [0.15, 0.2) is 27.2 Å². The van der Waals surface area contributed by atoms with Crippen LogP contribution in [0.1, 0.15) is 18.9 Å². The second-order valence-electron chi connectivity index (χ2n) is 3.26. The molecule has 0 aliphatic rings. The molecule has 1 unspecified atom stereocenters. The number of benzene rings is 1. The van der Waals surface area contributed by atoms with Gasteiger partial charge in [0.1, 0.15) is 6.10 Å². The van der Waals surface area contributed by atoms with Crippen molar-refractivity contribution >= 4 is 27.5 Å². The topological polar surface area (TPSA) is 59.2 Å². The largest absolute Gasteiger partial charge is 0.385 e. The zero-order valence-electron chi connectivity index (χ0n) is 8.32. The molecule has 16 heavy (non-hydrogen) atoms. The molecule has 0 aliphatic carbocycles. The molecule has 0 spiro atoms. The third-order valence-electron chi connectivity index (χ3n) is 1.98. The van der Waals surface area contributed by atoms with Gasteiger partial charge in [0, 0.05) is 9.50 Å². The predicted octanol–water partition coefficient (Wildman–Crippen LogP) is 3.21. The molecule has 84 valence electrons. The van der Waals surface area contributed by atoms with Crippen molar-refractivity contribution in [2.24, 2.45) is 0 Å². The van der Waals surface area contributed by atoms with Gasteiger partial charge in [-0.3, -0.25) is 0 Å².